The Bertz CT molecular complexity index is 524. The number of rotatable bonds is 1. The molecule has 0 radical (unpaired) electrons. The lowest BCUT2D eigenvalue weighted by Gasteiger charge is -1.98. The molecule has 78 valence electrons. The van der Waals surface area contributed by atoms with Gasteiger partial charge in [0, 0.05) is 22.2 Å². The Morgan fingerprint density at radius 2 is 1.93 bits per heavy atom. The van der Waals surface area contributed by atoms with Crippen molar-refractivity contribution in [2.24, 2.45) is 0 Å². The van der Waals surface area contributed by atoms with Gasteiger partial charge in [0.2, 0.25) is 0 Å². The highest BCUT2D eigenvalue weighted by molar-refractivity contribution is 5.85. The molecular formula is C13H15NO. The minimum absolute atomic E-state index is 0.00965. The Hall–Kier alpha value is -1.28. The maximum absolute atomic E-state index is 5.72. The fourth-order valence-electron chi connectivity index (χ4n) is 2.31. The molecule has 0 amide bonds. The van der Waals surface area contributed by atoms with Crippen LogP contribution in [0.5, 0.6) is 0 Å². The van der Waals surface area contributed by atoms with Gasteiger partial charge in [0.15, 0.2) is 0 Å². The lowest BCUT2D eigenvalue weighted by atomic mass is 10.0. The van der Waals surface area contributed by atoms with Crippen LogP contribution in [0.4, 0.5) is 0 Å². The first-order chi connectivity index (χ1) is 7.09. The van der Waals surface area contributed by atoms with E-state index in [0.717, 1.165) is 0 Å². The summed E-state index contributed by atoms with van der Waals surface area (Å²) in [6.45, 7) is 6.39. The summed E-state index contributed by atoms with van der Waals surface area (Å²) in [5.74, 6) is 0. The normalized spacial score (nSPS) is 23.3. The highest BCUT2D eigenvalue weighted by Crippen LogP contribution is 2.51. The Labute approximate surface area is 89.3 Å². The van der Waals surface area contributed by atoms with E-state index in [1.807, 2.05) is 0 Å². The number of H-pyrrole nitrogens is 1. The monoisotopic (exact) mass is 201 g/mol. The van der Waals surface area contributed by atoms with Gasteiger partial charge in [-0.2, -0.15) is 0 Å². The van der Waals surface area contributed by atoms with Crippen molar-refractivity contribution in [1.82, 2.24) is 4.98 Å². The number of aryl methyl sites for hydroxylation is 1. The largest absolute Gasteiger partial charge is 0.361 e. The SMILES string of the molecule is Cc1[nH]c2ccccc2c1C1OC1(C)C. The van der Waals surface area contributed by atoms with E-state index in [0.29, 0.717) is 0 Å². The van der Waals surface area contributed by atoms with E-state index < -0.39 is 0 Å². The molecule has 1 N–H and O–H groups in total. The van der Waals surface area contributed by atoms with Crippen LogP contribution in [-0.4, -0.2) is 10.6 Å². The van der Waals surface area contributed by atoms with Gasteiger partial charge in [0.05, 0.1) is 5.60 Å². The highest BCUT2D eigenvalue weighted by atomic mass is 16.6. The van der Waals surface area contributed by atoms with Gasteiger partial charge in [-0.3, -0.25) is 0 Å². The molecule has 1 aromatic carbocycles. The molecule has 0 saturated carbocycles. The van der Waals surface area contributed by atoms with E-state index in [4.69, 9.17) is 4.74 Å². The standard InChI is InChI=1S/C13H15NO/c1-8-11(12-13(2,3)15-12)9-6-4-5-7-10(9)14-8/h4-7,12,14H,1-3H3. The van der Waals surface area contributed by atoms with Crippen LogP contribution in [0.15, 0.2) is 24.3 Å². The van der Waals surface area contributed by atoms with Crippen molar-refractivity contribution in [3.8, 4) is 0 Å². The van der Waals surface area contributed by atoms with Gasteiger partial charge < -0.3 is 9.72 Å². The lowest BCUT2D eigenvalue weighted by molar-refractivity contribution is 0.325. The molecule has 1 fully saturated rings. The van der Waals surface area contributed by atoms with Crippen molar-refractivity contribution in [2.45, 2.75) is 32.5 Å². The Morgan fingerprint density at radius 3 is 2.60 bits per heavy atom. The van der Waals surface area contributed by atoms with Crippen molar-refractivity contribution in [1.29, 1.82) is 0 Å². The van der Waals surface area contributed by atoms with Crippen LogP contribution in [0.2, 0.25) is 0 Å². The molecule has 1 aliphatic rings. The number of para-hydroxylation sites is 1. The first-order valence-corrected chi connectivity index (χ1v) is 5.34. The molecule has 2 nitrogen and oxygen atoms in total. The molecule has 2 heterocycles. The van der Waals surface area contributed by atoms with Crippen LogP contribution in [0, 0.1) is 6.92 Å². The molecule has 1 aromatic heterocycles. The van der Waals surface area contributed by atoms with Crippen LogP contribution in [0.25, 0.3) is 10.9 Å². The van der Waals surface area contributed by atoms with E-state index in [-0.39, 0.29) is 11.7 Å². The zero-order valence-electron chi connectivity index (χ0n) is 9.29. The minimum atomic E-state index is 0.00965. The number of aromatic nitrogens is 1. The molecule has 1 atom stereocenters. The lowest BCUT2D eigenvalue weighted by Crippen LogP contribution is -1.98. The summed E-state index contributed by atoms with van der Waals surface area (Å²) >= 11 is 0. The minimum Gasteiger partial charge on any atom is -0.361 e. The smallest absolute Gasteiger partial charge is 0.114 e. The van der Waals surface area contributed by atoms with Crippen LogP contribution in [0.1, 0.15) is 31.2 Å². The van der Waals surface area contributed by atoms with Crippen LogP contribution in [0.3, 0.4) is 0 Å². The highest BCUT2D eigenvalue weighted by Gasteiger charge is 2.50. The number of nitrogens with one attached hydrogen (secondary N) is 1. The second-order valence-corrected chi connectivity index (χ2v) is 4.81. The van der Waals surface area contributed by atoms with Gasteiger partial charge in [-0.25, -0.2) is 0 Å². The fourth-order valence-corrected chi connectivity index (χ4v) is 2.31. The average molecular weight is 201 g/mol. The summed E-state index contributed by atoms with van der Waals surface area (Å²) < 4.78 is 5.72. The maximum Gasteiger partial charge on any atom is 0.114 e. The van der Waals surface area contributed by atoms with E-state index in [1.165, 1.54) is 22.2 Å². The molecule has 1 aliphatic heterocycles. The molecule has 2 aromatic rings. The Balaban J connectivity index is 2.22. The number of hydrogen-bond acceptors (Lipinski definition) is 1. The number of hydrogen-bond donors (Lipinski definition) is 1. The zero-order valence-corrected chi connectivity index (χ0v) is 9.29. The summed E-state index contributed by atoms with van der Waals surface area (Å²) in [4.78, 5) is 3.41. The number of ether oxygens (including phenoxy) is 1. The predicted octanol–water partition coefficient (Wildman–Crippen LogP) is 3.33. The molecular weight excluding hydrogens is 186 g/mol. The van der Waals surface area contributed by atoms with Gasteiger partial charge in [0.1, 0.15) is 6.10 Å². The van der Waals surface area contributed by atoms with Gasteiger partial charge >= 0.3 is 0 Å². The molecule has 15 heavy (non-hydrogen) atoms. The van der Waals surface area contributed by atoms with E-state index in [1.54, 1.807) is 0 Å². The molecule has 0 bridgehead atoms. The summed E-state index contributed by atoms with van der Waals surface area (Å²) in [5.41, 5.74) is 3.77. The first kappa shape index (κ1) is 8.98. The van der Waals surface area contributed by atoms with Crippen molar-refractivity contribution in [3.63, 3.8) is 0 Å². The maximum atomic E-state index is 5.72. The molecule has 1 unspecified atom stereocenters. The van der Waals surface area contributed by atoms with Gasteiger partial charge in [-0.15, -0.1) is 0 Å². The second kappa shape index (κ2) is 2.64. The fraction of sp³-hybridized carbons (Fsp3) is 0.385. The molecule has 1 saturated heterocycles. The number of epoxide rings is 1. The number of aromatic amines is 1. The van der Waals surface area contributed by atoms with Crippen molar-refractivity contribution >= 4 is 10.9 Å². The van der Waals surface area contributed by atoms with E-state index in [2.05, 4.69) is 50.0 Å². The molecule has 0 aliphatic carbocycles. The van der Waals surface area contributed by atoms with Crippen molar-refractivity contribution < 1.29 is 4.74 Å². The van der Waals surface area contributed by atoms with Gasteiger partial charge in [-0.05, 0) is 26.8 Å². The summed E-state index contributed by atoms with van der Waals surface area (Å²) in [6, 6.07) is 8.41. The number of benzene rings is 1. The second-order valence-electron chi connectivity index (χ2n) is 4.81. The van der Waals surface area contributed by atoms with Crippen LogP contribution >= 0.6 is 0 Å². The third-order valence-corrected chi connectivity index (χ3v) is 3.20. The van der Waals surface area contributed by atoms with Crippen LogP contribution in [-0.2, 0) is 4.74 Å². The van der Waals surface area contributed by atoms with Crippen LogP contribution < -0.4 is 0 Å². The Morgan fingerprint density at radius 1 is 1.27 bits per heavy atom. The quantitative estimate of drug-likeness (QED) is 0.704. The van der Waals surface area contributed by atoms with E-state index >= 15 is 0 Å². The summed E-state index contributed by atoms with van der Waals surface area (Å²) in [6.07, 6.45) is 0.258. The third-order valence-electron chi connectivity index (χ3n) is 3.20. The number of fused-ring (bicyclic) bond motifs is 1. The topological polar surface area (TPSA) is 28.3 Å². The molecule has 2 heteroatoms. The first-order valence-electron chi connectivity index (χ1n) is 5.34. The Kier molecular flexibility index (Phi) is 1.58. The summed E-state index contributed by atoms with van der Waals surface area (Å²) in [5, 5.41) is 1.30. The molecule has 3 rings (SSSR count). The summed E-state index contributed by atoms with van der Waals surface area (Å²) in [7, 11) is 0. The third kappa shape index (κ3) is 1.21. The van der Waals surface area contributed by atoms with Crippen molar-refractivity contribution in [2.75, 3.05) is 0 Å². The molecule has 0 spiro atoms. The van der Waals surface area contributed by atoms with E-state index in [9.17, 15) is 0 Å². The van der Waals surface area contributed by atoms with Gasteiger partial charge in [0.25, 0.3) is 0 Å². The van der Waals surface area contributed by atoms with Crippen molar-refractivity contribution in [3.05, 3.63) is 35.5 Å². The average Bonchev–Trinajstić information content (AvgIpc) is 2.68. The van der Waals surface area contributed by atoms with Gasteiger partial charge in [-0.1, -0.05) is 18.2 Å². The predicted molar refractivity (Wildman–Crippen MR) is 60.9 cm³/mol. The zero-order chi connectivity index (χ0) is 10.6.